The molecule has 1 N–H and O–H groups in total. The van der Waals surface area contributed by atoms with Crippen molar-refractivity contribution in [2.75, 3.05) is 13.1 Å². The topological polar surface area (TPSA) is 32.3 Å². The Morgan fingerprint density at radius 1 is 1.50 bits per heavy atom. The quantitative estimate of drug-likeness (QED) is 0.895. The second kappa shape index (κ2) is 6.16. The molecule has 20 heavy (non-hydrogen) atoms. The molecule has 110 valence electrons. The van der Waals surface area contributed by atoms with Gasteiger partial charge in [0.05, 0.1) is 3.79 Å². The van der Waals surface area contributed by atoms with Crippen LogP contribution in [0.15, 0.2) is 9.85 Å². The molecule has 1 aliphatic carbocycles. The van der Waals surface area contributed by atoms with E-state index in [0.29, 0.717) is 18.0 Å². The van der Waals surface area contributed by atoms with E-state index in [4.69, 9.17) is 0 Å². The molecule has 2 aliphatic rings. The number of carbonyl (C=O) groups is 1. The number of thiophene rings is 1. The zero-order chi connectivity index (χ0) is 14.1. The van der Waals surface area contributed by atoms with Gasteiger partial charge in [0.15, 0.2) is 0 Å². The summed E-state index contributed by atoms with van der Waals surface area (Å²) in [6.45, 7) is 3.97. The lowest BCUT2D eigenvalue weighted by Crippen LogP contribution is -2.41. The number of carbonyl (C=O) groups excluding carboxylic acids is 1. The molecule has 1 fully saturated rings. The minimum atomic E-state index is 0.321. The Kier molecular flexibility index (Phi) is 4.48. The van der Waals surface area contributed by atoms with E-state index in [1.54, 1.807) is 0 Å². The first-order valence-corrected chi connectivity index (χ1v) is 9.06. The molecule has 5 heteroatoms. The molecular formula is C15H21BrN2OS. The van der Waals surface area contributed by atoms with Crippen molar-refractivity contribution in [3.8, 4) is 0 Å². The van der Waals surface area contributed by atoms with Crippen LogP contribution in [0.5, 0.6) is 0 Å². The first kappa shape index (κ1) is 14.5. The van der Waals surface area contributed by atoms with Gasteiger partial charge in [-0.15, -0.1) is 11.3 Å². The van der Waals surface area contributed by atoms with E-state index in [9.17, 15) is 4.79 Å². The molecule has 3 nitrogen and oxygen atoms in total. The third-order valence-electron chi connectivity index (χ3n) is 4.24. The summed E-state index contributed by atoms with van der Waals surface area (Å²) in [6, 6.07) is 3.07. The number of fused-ring (bicyclic) bond motifs is 1. The zero-order valence-corrected chi connectivity index (χ0v) is 14.2. The van der Waals surface area contributed by atoms with Crippen molar-refractivity contribution in [1.29, 1.82) is 0 Å². The van der Waals surface area contributed by atoms with Gasteiger partial charge >= 0.3 is 0 Å². The normalized spacial score (nSPS) is 24.0. The summed E-state index contributed by atoms with van der Waals surface area (Å²) in [5.74, 6) is 0.321. The molecule has 1 aliphatic heterocycles. The lowest BCUT2D eigenvalue weighted by Gasteiger charge is -2.29. The Bertz CT molecular complexity index is 502. The largest absolute Gasteiger partial charge is 0.341 e. The summed E-state index contributed by atoms with van der Waals surface area (Å²) < 4.78 is 1.23. The van der Waals surface area contributed by atoms with E-state index in [2.05, 4.69) is 34.2 Å². The van der Waals surface area contributed by atoms with Crippen LogP contribution in [0, 0.1) is 0 Å². The Labute approximate surface area is 132 Å². The standard InChI is InChI=1S/C15H21BrN2OS/c1-10(9-18-7-3-6-15(18)19)17-12-4-2-5-13-11(12)8-14(16)20-13/h8,10,12,17H,2-7,9H2,1H3. The summed E-state index contributed by atoms with van der Waals surface area (Å²) in [5.41, 5.74) is 1.47. The fraction of sp³-hybridized carbons (Fsp3) is 0.667. The highest BCUT2D eigenvalue weighted by Gasteiger charge is 2.26. The number of likely N-dealkylation sites (tertiary alicyclic amines) is 1. The lowest BCUT2D eigenvalue weighted by molar-refractivity contribution is -0.128. The summed E-state index contributed by atoms with van der Waals surface area (Å²) in [6.07, 6.45) is 5.43. The highest BCUT2D eigenvalue weighted by Crippen LogP contribution is 2.38. The number of rotatable bonds is 4. The number of hydrogen-bond donors (Lipinski definition) is 1. The number of nitrogens with zero attached hydrogens (tertiary/aromatic N) is 1. The number of nitrogens with one attached hydrogen (secondary N) is 1. The average Bonchev–Trinajstić information content (AvgIpc) is 2.96. The van der Waals surface area contributed by atoms with Crippen molar-refractivity contribution < 1.29 is 4.79 Å². The molecule has 0 spiro atoms. The lowest BCUT2D eigenvalue weighted by atomic mass is 9.93. The zero-order valence-electron chi connectivity index (χ0n) is 11.8. The summed E-state index contributed by atoms with van der Waals surface area (Å²) in [4.78, 5) is 15.2. The van der Waals surface area contributed by atoms with Crippen molar-refractivity contribution in [3.05, 3.63) is 20.3 Å². The monoisotopic (exact) mass is 356 g/mol. The number of amides is 1. The van der Waals surface area contributed by atoms with Crippen LogP contribution < -0.4 is 5.32 Å². The van der Waals surface area contributed by atoms with Crippen LogP contribution in [-0.4, -0.2) is 29.9 Å². The van der Waals surface area contributed by atoms with Gasteiger partial charge in [0.25, 0.3) is 0 Å². The predicted molar refractivity (Wildman–Crippen MR) is 86.1 cm³/mol. The van der Waals surface area contributed by atoms with Gasteiger partial charge in [-0.05, 0) is 60.2 Å². The van der Waals surface area contributed by atoms with E-state index >= 15 is 0 Å². The smallest absolute Gasteiger partial charge is 0.222 e. The second-order valence-electron chi connectivity index (χ2n) is 5.88. The van der Waals surface area contributed by atoms with E-state index < -0.39 is 0 Å². The molecular weight excluding hydrogens is 336 g/mol. The summed E-state index contributed by atoms with van der Waals surface area (Å²) in [5, 5.41) is 3.73. The van der Waals surface area contributed by atoms with Gasteiger partial charge in [-0.3, -0.25) is 4.79 Å². The van der Waals surface area contributed by atoms with Gasteiger partial charge in [-0.2, -0.15) is 0 Å². The highest BCUT2D eigenvalue weighted by atomic mass is 79.9. The third kappa shape index (κ3) is 3.10. The molecule has 0 saturated carbocycles. The molecule has 2 atom stereocenters. The molecule has 1 amide bonds. The van der Waals surface area contributed by atoms with Gasteiger partial charge in [0.2, 0.25) is 5.91 Å². The van der Waals surface area contributed by atoms with Crippen LogP contribution in [0.3, 0.4) is 0 Å². The Morgan fingerprint density at radius 2 is 2.35 bits per heavy atom. The Hall–Kier alpha value is -0.390. The molecule has 2 heterocycles. The van der Waals surface area contributed by atoms with Crippen LogP contribution in [0.4, 0.5) is 0 Å². The minimum Gasteiger partial charge on any atom is -0.341 e. The van der Waals surface area contributed by atoms with Crippen molar-refractivity contribution in [3.63, 3.8) is 0 Å². The maximum Gasteiger partial charge on any atom is 0.222 e. The van der Waals surface area contributed by atoms with Crippen LogP contribution in [-0.2, 0) is 11.2 Å². The van der Waals surface area contributed by atoms with Gasteiger partial charge in [-0.25, -0.2) is 0 Å². The Morgan fingerprint density at radius 3 is 3.10 bits per heavy atom. The predicted octanol–water partition coefficient (Wildman–Crippen LogP) is 3.49. The molecule has 0 radical (unpaired) electrons. The van der Waals surface area contributed by atoms with Gasteiger partial charge in [-0.1, -0.05) is 0 Å². The second-order valence-corrected chi connectivity index (χ2v) is 8.40. The Balaban J connectivity index is 1.61. The van der Waals surface area contributed by atoms with Crippen LogP contribution in [0.1, 0.15) is 49.1 Å². The summed E-state index contributed by atoms with van der Waals surface area (Å²) >= 11 is 5.47. The minimum absolute atomic E-state index is 0.321. The molecule has 2 unspecified atom stereocenters. The van der Waals surface area contributed by atoms with Crippen molar-refractivity contribution in [1.82, 2.24) is 10.2 Å². The molecule has 0 aromatic carbocycles. The number of aryl methyl sites for hydroxylation is 1. The van der Waals surface area contributed by atoms with Crippen LogP contribution in [0.25, 0.3) is 0 Å². The SMILES string of the molecule is CC(CN1CCCC1=O)NC1CCCc2sc(Br)cc21. The molecule has 0 bridgehead atoms. The van der Waals surface area contributed by atoms with E-state index in [1.165, 1.54) is 33.5 Å². The number of hydrogen-bond acceptors (Lipinski definition) is 3. The average molecular weight is 357 g/mol. The van der Waals surface area contributed by atoms with Gasteiger partial charge < -0.3 is 10.2 Å². The first-order chi connectivity index (χ1) is 9.63. The van der Waals surface area contributed by atoms with Crippen molar-refractivity contribution in [2.24, 2.45) is 0 Å². The van der Waals surface area contributed by atoms with E-state index in [1.807, 2.05) is 16.2 Å². The van der Waals surface area contributed by atoms with Crippen molar-refractivity contribution in [2.45, 2.75) is 51.1 Å². The highest BCUT2D eigenvalue weighted by molar-refractivity contribution is 9.11. The molecule has 3 rings (SSSR count). The maximum atomic E-state index is 11.7. The van der Waals surface area contributed by atoms with Gasteiger partial charge in [0, 0.05) is 36.5 Å². The van der Waals surface area contributed by atoms with Gasteiger partial charge in [0.1, 0.15) is 0 Å². The fourth-order valence-corrected chi connectivity index (χ4v) is 5.14. The third-order valence-corrected chi connectivity index (χ3v) is 5.95. The van der Waals surface area contributed by atoms with Crippen LogP contribution in [0.2, 0.25) is 0 Å². The molecule has 1 saturated heterocycles. The summed E-state index contributed by atoms with van der Waals surface area (Å²) in [7, 11) is 0. The number of halogens is 1. The molecule has 1 aromatic heterocycles. The van der Waals surface area contributed by atoms with Crippen LogP contribution >= 0.6 is 27.3 Å². The fourth-order valence-electron chi connectivity index (χ4n) is 3.32. The van der Waals surface area contributed by atoms with E-state index in [-0.39, 0.29) is 0 Å². The van der Waals surface area contributed by atoms with E-state index in [0.717, 1.165) is 25.9 Å². The first-order valence-electron chi connectivity index (χ1n) is 7.45. The maximum absolute atomic E-state index is 11.7. The molecule has 1 aromatic rings. The van der Waals surface area contributed by atoms with Crippen molar-refractivity contribution >= 4 is 33.2 Å².